The van der Waals surface area contributed by atoms with E-state index in [1.807, 2.05) is 73.7 Å². The van der Waals surface area contributed by atoms with Gasteiger partial charge < -0.3 is 10.2 Å². The number of anilines is 2. The van der Waals surface area contributed by atoms with Crippen molar-refractivity contribution in [1.82, 2.24) is 9.13 Å². The minimum Gasteiger partial charge on any atom is -0.325 e. The molecule has 0 bridgehead atoms. The molecule has 1 aliphatic heterocycles. The number of carbonyl (C=O) groups is 2. The van der Waals surface area contributed by atoms with Gasteiger partial charge >= 0.3 is 5.69 Å². The molecular weight excluding hydrogens is 460 g/mol. The minimum absolute atomic E-state index is 0.0613. The van der Waals surface area contributed by atoms with Crippen molar-refractivity contribution < 1.29 is 9.59 Å². The van der Waals surface area contributed by atoms with E-state index in [9.17, 15) is 14.4 Å². The maximum Gasteiger partial charge on any atom is 0.328 e. The van der Waals surface area contributed by atoms with E-state index in [-0.39, 0.29) is 23.9 Å². The number of nitrogens with one attached hydrogen (secondary N) is 1. The fraction of sp³-hybridized carbons (Fsp3) is 0.222. The van der Waals surface area contributed by atoms with Gasteiger partial charge in [0, 0.05) is 42.5 Å². The van der Waals surface area contributed by atoms with Crippen LogP contribution in [0.1, 0.15) is 12.0 Å². The van der Waals surface area contributed by atoms with Crippen LogP contribution in [0.2, 0.25) is 0 Å². The van der Waals surface area contributed by atoms with Crippen LogP contribution in [0.5, 0.6) is 0 Å². The van der Waals surface area contributed by atoms with Crippen LogP contribution in [0, 0.1) is 12.8 Å². The molecule has 0 aliphatic carbocycles. The van der Waals surface area contributed by atoms with Crippen LogP contribution in [0.3, 0.4) is 0 Å². The Hall–Kier alpha value is -3.78. The number of hydrogen-bond acceptors (Lipinski definition) is 4. The Bertz CT molecular complexity index is 1490. The monoisotopic (exact) mass is 486 g/mol. The van der Waals surface area contributed by atoms with Crippen LogP contribution in [0.4, 0.5) is 11.4 Å². The summed E-state index contributed by atoms with van der Waals surface area (Å²) in [6, 6.07) is 21.4. The van der Waals surface area contributed by atoms with E-state index in [2.05, 4.69) is 5.32 Å². The predicted molar refractivity (Wildman–Crippen MR) is 139 cm³/mol. The summed E-state index contributed by atoms with van der Waals surface area (Å²) in [6.45, 7) is 2.33. The Morgan fingerprint density at radius 2 is 1.60 bits per heavy atom. The lowest BCUT2D eigenvalue weighted by Crippen LogP contribution is -2.28. The zero-order valence-corrected chi connectivity index (χ0v) is 20.6. The van der Waals surface area contributed by atoms with Gasteiger partial charge in [-0.1, -0.05) is 47.7 Å². The Balaban J connectivity index is 1.45. The Kier molecular flexibility index (Phi) is 5.98. The molecule has 0 unspecified atom stereocenters. The Morgan fingerprint density at radius 1 is 0.943 bits per heavy atom. The van der Waals surface area contributed by atoms with E-state index in [0.29, 0.717) is 12.2 Å². The van der Waals surface area contributed by atoms with Crippen molar-refractivity contribution in [3.63, 3.8) is 0 Å². The fourth-order valence-corrected chi connectivity index (χ4v) is 5.35. The summed E-state index contributed by atoms with van der Waals surface area (Å²) in [5.74, 6) is -0.731. The van der Waals surface area contributed by atoms with Crippen LogP contribution in [0.15, 0.2) is 81.3 Å². The van der Waals surface area contributed by atoms with Crippen LogP contribution in [-0.2, 0) is 23.7 Å². The number of fused-ring (bicyclic) bond motifs is 1. The molecule has 4 aromatic rings. The molecule has 35 heavy (non-hydrogen) atoms. The molecule has 1 fully saturated rings. The van der Waals surface area contributed by atoms with Gasteiger partial charge in [0.25, 0.3) is 0 Å². The molecule has 1 N–H and O–H groups in total. The maximum atomic E-state index is 13.3. The molecule has 3 aromatic carbocycles. The van der Waals surface area contributed by atoms with E-state index >= 15 is 0 Å². The maximum absolute atomic E-state index is 13.3. The standard InChI is InChI=1S/C27H26N4O3S/c1-17-9-11-19(12-10-17)31-16-18(13-25(31)32)26(33)28-21-14-22-23(30(3)27(34)29(22)2)15-24(21)35-20-7-5-4-6-8-20/h4-12,14-15,18H,13,16H2,1-3H3,(H,28,33)/t18-/m1/s1. The molecule has 1 aromatic heterocycles. The fourth-order valence-electron chi connectivity index (χ4n) is 4.42. The zero-order chi connectivity index (χ0) is 24.7. The third-order valence-electron chi connectivity index (χ3n) is 6.44. The van der Waals surface area contributed by atoms with E-state index in [0.717, 1.165) is 32.1 Å². The van der Waals surface area contributed by atoms with E-state index in [1.165, 1.54) is 11.8 Å². The summed E-state index contributed by atoms with van der Waals surface area (Å²) in [5, 5.41) is 3.06. The molecule has 8 heteroatoms. The predicted octanol–water partition coefficient (Wildman–Crippen LogP) is 4.33. The highest BCUT2D eigenvalue weighted by molar-refractivity contribution is 7.99. The molecule has 2 amide bonds. The number of imidazole rings is 1. The lowest BCUT2D eigenvalue weighted by atomic mass is 10.1. The summed E-state index contributed by atoms with van der Waals surface area (Å²) < 4.78 is 3.17. The second-order valence-electron chi connectivity index (χ2n) is 8.88. The van der Waals surface area contributed by atoms with Crippen LogP contribution in [0.25, 0.3) is 11.0 Å². The number of benzene rings is 3. The highest BCUT2D eigenvalue weighted by Gasteiger charge is 2.35. The summed E-state index contributed by atoms with van der Waals surface area (Å²) >= 11 is 1.52. The van der Waals surface area contributed by atoms with Crippen molar-refractivity contribution in [2.24, 2.45) is 20.0 Å². The molecule has 1 saturated heterocycles. The number of amides is 2. The highest BCUT2D eigenvalue weighted by atomic mass is 32.2. The number of aryl methyl sites for hydroxylation is 3. The second-order valence-corrected chi connectivity index (χ2v) is 10.00. The molecule has 1 atom stereocenters. The van der Waals surface area contributed by atoms with Crippen LogP contribution < -0.4 is 15.9 Å². The van der Waals surface area contributed by atoms with Gasteiger partial charge in [-0.15, -0.1) is 0 Å². The first-order valence-corrected chi connectivity index (χ1v) is 12.2. The Labute approximate surface area is 207 Å². The van der Waals surface area contributed by atoms with E-state index in [1.54, 1.807) is 28.1 Å². The van der Waals surface area contributed by atoms with Gasteiger partial charge in [0.05, 0.1) is 22.6 Å². The van der Waals surface area contributed by atoms with Crippen molar-refractivity contribution in [2.75, 3.05) is 16.8 Å². The molecule has 5 rings (SSSR count). The lowest BCUT2D eigenvalue weighted by Gasteiger charge is -2.17. The number of carbonyl (C=O) groups excluding carboxylic acids is 2. The summed E-state index contributed by atoms with van der Waals surface area (Å²) in [7, 11) is 3.46. The molecule has 0 radical (unpaired) electrons. The van der Waals surface area contributed by atoms with Crippen molar-refractivity contribution in [2.45, 2.75) is 23.1 Å². The first-order valence-electron chi connectivity index (χ1n) is 11.4. The highest BCUT2D eigenvalue weighted by Crippen LogP contribution is 2.37. The van der Waals surface area contributed by atoms with Crippen molar-refractivity contribution >= 4 is 46.0 Å². The van der Waals surface area contributed by atoms with Crippen LogP contribution >= 0.6 is 11.8 Å². The van der Waals surface area contributed by atoms with Crippen molar-refractivity contribution in [3.05, 3.63) is 82.8 Å². The average molecular weight is 487 g/mol. The van der Waals surface area contributed by atoms with Gasteiger partial charge in [-0.3, -0.25) is 18.7 Å². The molecule has 2 heterocycles. The zero-order valence-electron chi connectivity index (χ0n) is 19.8. The van der Waals surface area contributed by atoms with Crippen LogP contribution in [-0.4, -0.2) is 27.5 Å². The first kappa shape index (κ1) is 23.0. The lowest BCUT2D eigenvalue weighted by molar-refractivity contribution is -0.122. The largest absolute Gasteiger partial charge is 0.328 e. The number of hydrogen-bond donors (Lipinski definition) is 1. The minimum atomic E-state index is -0.464. The third-order valence-corrected chi connectivity index (χ3v) is 7.51. The molecule has 7 nitrogen and oxygen atoms in total. The third kappa shape index (κ3) is 4.37. The van der Waals surface area contributed by atoms with Gasteiger partial charge in [-0.05, 0) is 43.3 Å². The molecule has 178 valence electrons. The normalized spacial score (nSPS) is 15.7. The molecule has 0 saturated carbocycles. The average Bonchev–Trinajstić information content (AvgIpc) is 3.34. The van der Waals surface area contributed by atoms with Gasteiger partial charge in [0.2, 0.25) is 11.8 Å². The summed E-state index contributed by atoms with van der Waals surface area (Å²) in [4.78, 5) is 42.1. The number of aromatic nitrogens is 2. The molecule has 0 spiro atoms. The molecule has 1 aliphatic rings. The summed E-state index contributed by atoms with van der Waals surface area (Å²) in [5.41, 5.74) is 3.93. The van der Waals surface area contributed by atoms with Crippen molar-refractivity contribution in [3.8, 4) is 0 Å². The number of nitrogens with zero attached hydrogens (tertiary/aromatic N) is 3. The SMILES string of the molecule is Cc1ccc(N2C[C@H](C(=O)Nc3cc4c(cc3Sc3ccccc3)n(C)c(=O)n4C)CC2=O)cc1. The van der Waals surface area contributed by atoms with Gasteiger partial charge in [-0.2, -0.15) is 0 Å². The molecular formula is C27H26N4O3S. The quantitative estimate of drug-likeness (QED) is 0.456. The smallest absolute Gasteiger partial charge is 0.325 e. The topological polar surface area (TPSA) is 76.3 Å². The van der Waals surface area contributed by atoms with E-state index in [4.69, 9.17) is 0 Å². The number of rotatable bonds is 5. The van der Waals surface area contributed by atoms with Gasteiger partial charge in [0.1, 0.15) is 0 Å². The first-order chi connectivity index (χ1) is 16.8. The van der Waals surface area contributed by atoms with E-state index < -0.39 is 5.92 Å². The van der Waals surface area contributed by atoms with Gasteiger partial charge in [-0.25, -0.2) is 4.79 Å². The van der Waals surface area contributed by atoms with Crippen molar-refractivity contribution in [1.29, 1.82) is 0 Å². The summed E-state index contributed by atoms with van der Waals surface area (Å²) in [6.07, 6.45) is 0.160. The second kappa shape index (κ2) is 9.11. The van der Waals surface area contributed by atoms with Gasteiger partial charge in [0.15, 0.2) is 0 Å². The Morgan fingerprint density at radius 3 is 2.29 bits per heavy atom.